The Balaban J connectivity index is 2.55. The molecular formula is C9H12N2O2. The number of carbonyl (C=O) groups is 1. The molecule has 4 nitrogen and oxygen atoms in total. The van der Waals surface area contributed by atoms with Crippen LogP contribution in [0.5, 0.6) is 0 Å². The van der Waals surface area contributed by atoms with Crippen LogP contribution in [-0.2, 0) is 11.3 Å². The standard InChI is InChI=1S/C9H12N2O2/c1-13-9(12)11(10)7-8-5-3-2-4-6-8/h2-6H,7,10H2,1H3. The SMILES string of the molecule is COC(=O)N(N)Cc1ccccc1. The van der Waals surface area contributed by atoms with E-state index in [0.717, 1.165) is 10.6 Å². The summed E-state index contributed by atoms with van der Waals surface area (Å²) in [6.07, 6.45) is -0.538. The Morgan fingerprint density at radius 1 is 1.46 bits per heavy atom. The van der Waals surface area contributed by atoms with E-state index in [1.165, 1.54) is 7.11 Å². The van der Waals surface area contributed by atoms with E-state index in [1.807, 2.05) is 30.3 Å². The topological polar surface area (TPSA) is 55.6 Å². The molecule has 70 valence electrons. The van der Waals surface area contributed by atoms with Gasteiger partial charge in [0, 0.05) is 0 Å². The second kappa shape index (κ2) is 4.47. The Morgan fingerprint density at radius 2 is 2.08 bits per heavy atom. The van der Waals surface area contributed by atoms with Crippen LogP contribution in [0.4, 0.5) is 4.79 Å². The Hall–Kier alpha value is -1.55. The highest BCUT2D eigenvalue weighted by Crippen LogP contribution is 2.01. The van der Waals surface area contributed by atoms with Crippen LogP contribution in [-0.4, -0.2) is 18.2 Å². The number of benzene rings is 1. The van der Waals surface area contributed by atoms with Crippen molar-refractivity contribution in [3.8, 4) is 0 Å². The first-order valence-corrected chi connectivity index (χ1v) is 3.88. The minimum Gasteiger partial charge on any atom is -0.452 e. The fraction of sp³-hybridized carbons (Fsp3) is 0.222. The number of hydrogen-bond donors (Lipinski definition) is 1. The van der Waals surface area contributed by atoms with Crippen LogP contribution in [0.1, 0.15) is 5.56 Å². The molecule has 0 unspecified atom stereocenters. The number of ether oxygens (including phenoxy) is 1. The largest absolute Gasteiger partial charge is 0.452 e. The monoisotopic (exact) mass is 180 g/mol. The van der Waals surface area contributed by atoms with E-state index in [1.54, 1.807) is 0 Å². The van der Waals surface area contributed by atoms with Gasteiger partial charge in [0.05, 0.1) is 13.7 Å². The summed E-state index contributed by atoms with van der Waals surface area (Å²) in [7, 11) is 1.30. The van der Waals surface area contributed by atoms with Crippen molar-refractivity contribution in [1.82, 2.24) is 5.01 Å². The van der Waals surface area contributed by atoms with Crippen LogP contribution in [0.25, 0.3) is 0 Å². The number of hydrogen-bond acceptors (Lipinski definition) is 3. The molecule has 0 atom stereocenters. The molecule has 0 aromatic heterocycles. The summed E-state index contributed by atoms with van der Waals surface area (Å²) in [5.74, 6) is 5.42. The smallest absolute Gasteiger partial charge is 0.424 e. The molecule has 0 radical (unpaired) electrons. The third-order valence-electron chi connectivity index (χ3n) is 1.60. The molecule has 4 heteroatoms. The van der Waals surface area contributed by atoms with Gasteiger partial charge in [0.15, 0.2) is 0 Å². The molecule has 13 heavy (non-hydrogen) atoms. The molecule has 0 spiro atoms. The van der Waals surface area contributed by atoms with Crippen LogP contribution in [0.3, 0.4) is 0 Å². The first kappa shape index (κ1) is 9.54. The maximum absolute atomic E-state index is 10.9. The van der Waals surface area contributed by atoms with Gasteiger partial charge in [-0.1, -0.05) is 30.3 Å². The van der Waals surface area contributed by atoms with Crippen molar-refractivity contribution in [2.45, 2.75) is 6.54 Å². The number of nitrogens with two attached hydrogens (primary N) is 1. The Labute approximate surface area is 76.9 Å². The van der Waals surface area contributed by atoms with Gasteiger partial charge in [-0.05, 0) is 5.56 Å². The number of amides is 1. The first-order chi connectivity index (χ1) is 6.24. The molecule has 0 saturated carbocycles. The van der Waals surface area contributed by atoms with E-state index in [0.29, 0.717) is 6.54 Å². The molecule has 1 aromatic rings. The fourth-order valence-corrected chi connectivity index (χ4v) is 0.962. The molecule has 0 saturated heterocycles. The molecule has 1 rings (SSSR count). The molecule has 2 N–H and O–H groups in total. The average Bonchev–Trinajstić information content (AvgIpc) is 2.18. The summed E-state index contributed by atoms with van der Waals surface area (Å²) >= 11 is 0. The Bertz CT molecular complexity index is 274. The Kier molecular flexibility index (Phi) is 3.28. The molecule has 0 bridgehead atoms. The third kappa shape index (κ3) is 2.76. The van der Waals surface area contributed by atoms with Gasteiger partial charge >= 0.3 is 6.09 Å². The van der Waals surface area contributed by atoms with Gasteiger partial charge in [0.25, 0.3) is 0 Å². The van der Waals surface area contributed by atoms with Gasteiger partial charge in [-0.3, -0.25) is 0 Å². The highest BCUT2D eigenvalue weighted by atomic mass is 16.5. The van der Waals surface area contributed by atoms with E-state index in [9.17, 15) is 4.79 Å². The summed E-state index contributed by atoms with van der Waals surface area (Å²) < 4.78 is 4.45. The molecule has 0 fully saturated rings. The van der Waals surface area contributed by atoms with Crippen LogP contribution in [0.15, 0.2) is 30.3 Å². The summed E-state index contributed by atoms with van der Waals surface area (Å²) in [6, 6.07) is 9.47. The number of carbonyl (C=O) groups excluding carboxylic acids is 1. The number of nitrogens with zero attached hydrogens (tertiary/aromatic N) is 1. The van der Waals surface area contributed by atoms with Gasteiger partial charge in [-0.25, -0.2) is 15.6 Å². The molecule has 0 aliphatic carbocycles. The van der Waals surface area contributed by atoms with E-state index in [-0.39, 0.29) is 0 Å². The normalized spacial score (nSPS) is 9.38. The van der Waals surface area contributed by atoms with Gasteiger partial charge < -0.3 is 4.74 Å². The summed E-state index contributed by atoms with van der Waals surface area (Å²) in [5, 5.41) is 1.02. The summed E-state index contributed by atoms with van der Waals surface area (Å²) in [4.78, 5) is 10.9. The minimum absolute atomic E-state index is 0.355. The van der Waals surface area contributed by atoms with Gasteiger partial charge in [0.2, 0.25) is 0 Å². The van der Waals surface area contributed by atoms with E-state index < -0.39 is 6.09 Å². The zero-order valence-corrected chi connectivity index (χ0v) is 7.43. The summed E-state index contributed by atoms with van der Waals surface area (Å²) in [5.41, 5.74) is 0.968. The van der Waals surface area contributed by atoms with E-state index in [4.69, 9.17) is 5.84 Å². The molecule has 1 aromatic carbocycles. The second-order valence-corrected chi connectivity index (χ2v) is 2.58. The quantitative estimate of drug-likeness (QED) is 0.421. The third-order valence-corrected chi connectivity index (χ3v) is 1.60. The zero-order chi connectivity index (χ0) is 9.68. The van der Waals surface area contributed by atoms with Crippen molar-refractivity contribution in [2.75, 3.05) is 7.11 Å². The van der Waals surface area contributed by atoms with Crippen molar-refractivity contribution in [1.29, 1.82) is 0 Å². The molecule has 0 aliphatic rings. The maximum Gasteiger partial charge on any atom is 0.424 e. The average molecular weight is 180 g/mol. The van der Waals surface area contributed by atoms with Crippen molar-refractivity contribution in [3.05, 3.63) is 35.9 Å². The number of hydrazine groups is 1. The fourth-order valence-electron chi connectivity index (χ4n) is 0.962. The molecule has 0 heterocycles. The number of rotatable bonds is 2. The lowest BCUT2D eigenvalue weighted by atomic mass is 10.2. The molecule has 0 aliphatic heterocycles. The second-order valence-electron chi connectivity index (χ2n) is 2.58. The van der Waals surface area contributed by atoms with Crippen LogP contribution < -0.4 is 5.84 Å². The zero-order valence-electron chi connectivity index (χ0n) is 7.43. The number of methoxy groups -OCH3 is 1. The lowest BCUT2D eigenvalue weighted by Crippen LogP contribution is -2.36. The van der Waals surface area contributed by atoms with Gasteiger partial charge in [0.1, 0.15) is 0 Å². The predicted octanol–water partition coefficient (Wildman–Crippen LogP) is 1.13. The van der Waals surface area contributed by atoms with E-state index in [2.05, 4.69) is 4.74 Å². The van der Waals surface area contributed by atoms with Crippen molar-refractivity contribution in [2.24, 2.45) is 5.84 Å². The van der Waals surface area contributed by atoms with Gasteiger partial charge in [-0.2, -0.15) is 0 Å². The maximum atomic E-state index is 10.9. The molecule has 1 amide bonds. The highest BCUT2D eigenvalue weighted by Gasteiger charge is 2.08. The van der Waals surface area contributed by atoms with Crippen LogP contribution >= 0.6 is 0 Å². The predicted molar refractivity (Wildman–Crippen MR) is 48.6 cm³/mol. The van der Waals surface area contributed by atoms with Crippen LogP contribution in [0.2, 0.25) is 0 Å². The molecular weight excluding hydrogens is 168 g/mol. The summed E-state index contributed by atoms with van der Waals surface area (Å²) in [6.45, 7) is 0.355. The van der Waals surface area contributed by atoms with Crippen LogP contribution in [0, 0.1) is 0 Å². The lowest BCUT2D eigenvalue weighted by molar-refractivity contribution is 0.121. The first-order valence-electron chi connectivity index (χ1n) is 3.88. The van der Waals surface area contributed by atoms with Crippen molar-refractivity contribution < 1.29 is 9.53 Å². The Morgan fingerprint density at radius 3 is 2.62 bits per heavy atom. The minimum atomic E-state index is -0.538. The van der Waals surface area contributed by atoms with Crippen molar-refractivity contribution >= 4 is 6.09 Å². The van der Waals surface area contributed by atoms with Gasteiger partial charge in [-0.15, -0.1) is 0 Å². The lowest BCUT2D eigenvalue weighted by Gasteiger charge is -2.14. The van der Waals surface area contributed by atoms with Crippen molar-refractivity contribution in [3.63, 3.8) is 0 Å². The van der Waals surface area contributed by atoms with E-state index >= 15 is 0 Å². The highest BCUT2D eigenvalue weighted by molar-refractivity contribution is 5.66.